The molecule has 80 valence electrons. The molecule has 15 heavy (non-hydrogen) atoms. The number of aromatic nitrogens is 1. The van der Waals surface area contributed by atoms with Gasteiger partial charge in [0.05, 0.1) is 5.71 Å². The molecule has 0 unspecified atom stereocenters. The van der Waals surface area contributed by atoms with E-state index in [-0.39, 0.29) is 0 Å². The van der Waals surface area contributed by atoms with Crippen molar-refractivity contribution in [2.75, 3.05) is 6.54 Å². The molecule has 0 amide bonds. The molecule has 1 aromatic rings. The molecule has 0 aliphatic carbocycles. The van der Waals surface area contributed by atoms with Gasteiger partial charge in [0.1, 0.15) is 0 Å². The number of thiocarbonyl (C=S) groups is 1. The minimum absolute atomic E-state index is 0.533. The minimum Gasteiger partial charge on any atom is -0.362 e. The number of rotatable bonds is 3. The maximum atomic E-state index is 4.98. The Hall–Kier alpha value is -1.49. The van der Waals surface area contributed by atoms with Gasteiger partial charge in [-0.1, -0.05) is 0 Å². The van der Waals surface area contributed by atoms with Crippen LogP contribution < -0.4 is 10.7 Å². The van der Waals surface area contributed by atoms with Gasteiger partial charge in [-0.15, -0.1) is 0 Å². The smallest absolute Gasteiger partial charge is 0.186 e. The lowest BCUT2D eigenvalue weighted by atomic mass is 10.2. The molecule has 0 atom stereocenters. The Morgan fingerprint density at radius 2 is 2.13 bits per heavy atom. The van der Waals surface area contributed by atoms with E-state index in [1.807, 2.05) is 26.0 Å². The Labute approximate surface area is 94.8 Å². The van der Waals surface area contributed by atoms with Gasteiger partial charge in [-0.25, -0.2) is 0 Å². The van der Waals surface area contributed by atoms with Crippen molar-refractivity contribution in [1.82, 2.24) is 15.7 Å². The first-order valence-corrected chi connectivity index (χ1v) is 5.13. The van der Waals surface area contributed by atoms with Gasteiger partial charge in [0.25, 0.3) is 0 Å². The van der Waals surface area contributed by atoms with Crippen LogP contribution in [0.5, 0.6) is 0 Å². The fraction of sp³-hybridized carbons (Fsp3) is 0.300. The van der Waals surface area contributed by atoms with Crippen molar-refractivity contribution in [3.05, 3.63) is 30.1 Å². The molecule has 1 aromatic heterocycles. The predicted octanol–water partition coefficient (Wildman–Crippen LogP) is 1.29. The summed E-state index contributed by atoms with van der Waals surface area (Å²) in [5.41, 5.74) is 4.67. The van der Waals surface area contributed by atoms with Crippen LogP contribution in [0.15, 0.2) is 29.6 Å². The summed E-state index contributed by atoms with van der Waals surface area (Å²) in [5, 5.41) is 7.63. The van der Waals surface area contributed by atoms with E-state index in [9.17, 15) is 0 Å². The number of pyridine rings is 1. The zero-order valence-corrected chi connectivity index (χ0v) is 9.64. The first-order valence-electron chi connectivity index (χ1n) is 4.72. The lowest BCUT2D eigenvalue weighted by Gasteiger charge is -2.05. The van der Waals surface area contributed by atoms with E-state index >= 15 is 0 Å². The van der Waals surface area contributed by atoms with E-state index in [0.717, 1.165) is 17.8 Å². The van der Waals surface area contributed by atoms with E-state index in [2.05, 4.69) is 20.8 Å². The Morgan fingerprint density at radius 3 is 2.73 bits per heavy atom. The van der Waals surface area contributed by atoms with Crippen LogP contribution in [0.4, 0.5) is 0 Å². The van der Waals surface area contributed by atoms with Crippen LogP contribution in [0, 0.1) is 0 Å². The van der Waals surface area contributed by atoms with Crippen LogP contribution in [0.3, 0.4) is 0 Å². The summed E-state index contributed by atoms with van der Waals surface area (Å²) in [6, 6.07) is 3.80. The molecule has 0 saturated carbocycles. The maximum absolute atomic E-state index is 4.98. The molecule has 2 N–H and O–H groups in total. The highest BCUT2D eigenvalue weighted by Crippen LogP contribution is 1.97. The summed E-state index contributed by atoms with van der Waals surface area (Å²) in [6.07, 6.45) is 3.47. The van der Waals surface area contributed by atoms with E-state index in [1.165, 1.54) is 0 Å². The van der Waals surface area contributed by atoms with Gasteiger partial charge in [0.15, 0.2) is 5.11 Å². The average Bonchev–Trinajstić information content (AvgIpc) is 2.27. The zero-order valence-electron chi connectivity index (χ0n) is 8.82. The summed E-state index contributed by atoms with van der Waals surface area (Å²) < 4.78 is 0. The first kappa shape index (κ1) is 11.6. The van der Waals surface area contributed by atoms with Crippen molar-refractivity contribution in [3.63, 3.8) is 0 Å². The van der Waals surface area contributed by atoms with Gasteiger partial charge in [-0.3, -0.25) is 10.4 Å². The molecule has 0 aliphatic rings. The van der Waals surface area contributed by atoms with Crippen LogP contribution in [-0.4, -0.2) is 22.4 Å². The normalized spacial score (nSPS) is 10.9. The molecule has 5 heteroatoms. The van der Waals surface area contributed by atoms with Gasteiger partial charge in [-0.2, -0.15) is 5.10 Å². The topological polar surface area (TPSA) is 49.3 Å². The quantitative estimate of drug-likeness (QED) is 0.459. The van der Waals surface area contributed by atoms with Crippen molar-refractivity contribution in [1.29, 1.82) is 0 Å². The van der Waals surface area contributed by atoms with Crippen molar-refractivity contribution in [2.24, 2.45) is 5.10 Å². The second-order valence-corrected chi connectivity index (χ2v) is 3.31. The first-order chi connectivity index (χ1) is 7.24. The van der Waals surface area contributed by atoms with Crippen LogP contribution >= 0.6 is 12.2 Å². The fourth-order valence-corrected chi connectivity index (χ4v) is 1.18. The summed E-state index contributed by atoms with van der Waals surface area (Å²) in [5.74, 6) is 0. The van der Waals surface area contributed by atoms with Gasteiger partial charge >= 0.3 is 0 Å². The summed E-state index contributed by atoms with van der Waals surface area (Å²) in [4.78, 5) is 3.94. The van der Waals surface area contributed by atoms with Gasteiger partial charge in [0.2, 0.25) is 0 Å². The Kier molecular flexibility index (Phi) is 4.70. The molecule has 1 rings (SSSR count). The van der Waals surface area contributed by atoms with Crippen LogP contribution in [0.1, 0.15) is 19.4 Å². The molecule has 0 fully saturated rings. The maximum Gasteiger partial charge on any atom is 0.186 e. The minimum atomic E-state index is 0.533. The monoisotopic (exact) mass is 222 g/mol. The molecule has 0 radical (unpaired) electrons. The number of nitrogens with one attached hydrogen (secondary N) is 2. The van der Waals surface area contributed by atoms with E-state index < -0.39 is 0 Å². The van der Waals surface area contributed by atoms with Gasteiger partial charge in [-0.05, 0) is 38.2 Å². The number of hydrogen-bond acceptors (Lipinski definition) is 3. The average molecular weight is 222 g/mol. The molecule has 0 bridgehead atoms. The molecule has 4 nitrogen and oxygen atoms in total. The van der Waals surface area contributed by atoms with Gasteiger partial charge in [0, 0.05) is 24.5 Å². The highest BCUT2D eigenvalue weighted by molar-refractivity contribution is 7.80. The molecule has 0 aromatic carbocycles. The number of hydrogen-bond donors (Lipinski definition) is 2. The zero-order chi connectivity index (χ0) is 11.1. The molecule has 0 spiro atoms. The Balaban J connectivity index is 2.57. The van der Waals surface area contributed by atoms with Crippen LogP contribution in [-0.2, 0) is 0 Å². The van der Waals surface area contributed by atoms with Crippen molar-refractivity contribution >= 4 is 23.0 Å². The van der Waals surface area contributed by atoms with Gasteiger partial charge < -0.3 is 5.32 Å². The standard InChI is InChI=1S/C10H14N4S/c1-3-12-10(15)14-13-8(2)9-4-6-11-7-5-9/h4-7H,3H2,1-2H3,(H2,12,14,15). The van der Waals surface area contributed by atoms with Crippen molar-refractivity contribution in [2.45, 2.75) is 13.8 Å². The molecular weight excluding hydrogens is 208 g/mol. The summed E-state index contributed by atoms with van der Waals surface area (Å²) in [7, 11) is 0. The largest absolute Gasteiger partial charge is 0.362 e. The van der Waals surface area contributed by atoms with E-state index in [1.54, 1.807) is 12.4 Å². The molecule has 0 aliphatic heterocycles. The molecular formula is C10H14N4S. The van der Waals surface area contributed by atoms with E-state index in [4.69, 9.17) is 12.2 Å². The fourth-order valence-electron chi connectivity index (χ4n) is 0.992. The Bertz CT molecular complexity index is 348. The SMILES string of the molecule is CCNC(=S)NN=C(C)c1ccncc1. The van der Waals surface area contributed by atoms with Crippen LogP contribution in [0.2, 0.25) is 0 Å². The van der Waals surface area contributed by atoms with E-state index in [0.29, 0.717) is 5.11 Å². The third kappa shape index (κ3) is 4.03. The lowest BCUT2D eigenvalue weighted by Crippen LogP contribution is -2.32. The third-order valence-electron chi connectivity index (χ3n) is 1.76. The highest BCUT2D eigenvalue weighted by Gasteiger charge is 1.96. The van der Waals surface area contributed by atoms with Crippen molar-refractivity contribution < 1.29 is 0 Å². The van der Waals surface area contributed by atoms with Crippen LogP contribution in [0.25, 0.3) is 0 Å². The second-order valence-electron chi connectivity index (χ2n) is 2.90. The summed E-state index contributed by atoms with van der Waals surface area (Å²) >= 11 is 4.98. The third-order valence-corrected chi connectivity index (χ3v) is 2.00. The molecule has 0 saturated heterocycles. The lowest BCUT2D eigenvalue weighted by molar-refractivity contribution is 0.900. The highest BCUT2D eigenvalue weighted by atomic mass is 32.1. The van der Waals surface area contributed by atoms with Crippen molar-refractivity contribution in [3.8, 4) is 0 Å². The predicted molar refractivity (Wildman–Crippen MR) is 65.9 cm³/mol. The molecule has 1 heterocycles. The second kappa shape index (κ2) is 6.08. The summed E-state index contributed by atoms with van der Waals surface area (Å²) in [6.45, 7) is 4.68. The number of nitrogens with zero attached hydrogens (tertiary/aromatic N) is 2. The number of hydrazone groups is 1. The Morgan fingerprint density at radius 1 is 1.47 bits per heavy atom.